The Morgan fingerprint density at radius 1 is 1.06 bits per heavy atom. The first kappa shape index (κ1) is 23.0. The normalized spacial score (nSPS) is 10.6. The van der Waals surface area contributed by atoms with Crippen LogP contribution in [0.4, 0.5) is 10.1 Å². The number of benzene rings is 3. The molecule has 0 aliphatic heterocycles. The first-order valence-electron chi connectivity index (χ1n) is 10.2. The lowest BCUT2D eigenvalue weighted by Gasteiger charge is -2.10. The van der Waals surface area contributed by atoms with Crippen molar-refractivity contribution in [1.82, 2.24) is 9.78 Å². The lowest BCUT2D eigenvalue weighted by molar-refractivity contribution is 0.102. The van der Waals surface area contributed by atoms with Crippen molar-refractivity contribution in [2.75, 3.05) is 12.4 Å². The van der Waals surface area contributed by atoms with Gasteiger partial charge in [0, 0.05) is 23.4 Å². The topological polar surface area (TPSA) is 82.4 Å². The first-order valence-corrected chi connectivity index (χ1v) is 10.5. The largest absolute Gasteiger partial charge is 0.495 e. The highest BCUT2D eigenvalue weighted by atomic mass is 35.5. The third kappa shape index (κ3) is 5.41. The zero-order valence-electron chi connectivity index (χ0n) is 18.0. The van der Waals surface area contributed by atoms with Crippen LogP contribution in [0.5, 0.6) is 11.6 Å². The van der Waals surface area contributed by atoms with E-state index in [1.807, 2.05) is 0 Å². The summed E-state index contributed by atoms with van der Waals surface area (Å²) in [5.41, 5.74) is 1.60. The number of carbonyl (C=O) groups excluding carboxylic acids is 1. The Morgan fingerprint density at radius 3 is 2.56 bits per heavy atom. The van der Waals surface area contributed by atoms with Crippen molar-refractivity contribution in [3.63, 3.8) is 0 Å². The summed E-state index contributed by atoms with van der Waals surface area (Å²) in [4.78, 5) is 24.9. The number of halogens is 2. The predicted molar refractivity (Wildman–Crippen MR) is 127 cm³/mol. The van der Waals surface area contributed by atoms with Gasteiger partial charge in [-0.05, 0) is 60.2 Å². The third-order valence-electron chi connectivity index (χ3n) is 4.84. The Morgan fingerprint density at radius 2 is 1.85 bits per heavy atom. The van der Waals surface area contributed by atoms with Crippen LogP contribution in [0.15, 0.2) is 83.7 Å². The molecule has 4 rings (SSSR count). The van der Waals surface area contributed by atoms with Gasteiger partial charge in [-0.2, -0.15) is 4.68 Å². The number of hydrogen-bond acceptors (Lipinski definition) is 5. The van der Waals surface area contributed by atoms with E-state index in [1.54, 1.807) is 54.6 Å². The van der Waals surface area contributed by atoms with Crippen LogP contribution in [-0.4, -0.2) is 22.8 Å². The molecule has 0 fully saturated rings. The average molecular weight is 480 g/mol. The minimum Gasteiger partial charge on any atom is -0.495 e. The molecule has 1 amide bonds. The molecule has 0 saturated heterocycles. The summed E-state index contributed by atoms with van der Waals surface area (Å²) in [6.07, 6.45) is 0. The van der Waals surface area contributed by atoms with E-state index in [9.17, 15) is 14.0 Å². The van der Waals surface area contributed by atoms with E-state index >= 15 is 0 Å². The van der Waals surface area contributed by atoms with E-state index in [0.29, 0.717) is 33.3 Å². The molecular formula is C25H19ClFN3O4. The van der Waals surface area contributed by atoms with Crippen LogP contribution < -0.4 is 20.3 Å². The second-order valence-corrected chi connectivity index (χ2v) is 7.60. The Labute approximate surface area is 199 Å². The van der Waals surface area contributed by atoms with Crippen molar-refractivity contribution in [1.29, 1.82) is 0 Å². The molecule has 0 radical (unpaired) electrons. The van der Waals surface area contributed by atoms with Gasteiger partial charge in [0.2, 0.25) is 5.88 Å². The molecule has 0 atom stereocenters. The molecule has 1 heterocycles. The van der Waals surface area contributed by atoms with Gasteiger partial charge in [0.1, 0.15) is 18.2 Å². The maximum Gasteiger partial charge on any atom is 0.271 e. The maximum atomic E-state index is 13.3. The van der Waals surface area contributed by atoms with Crippen molar-refractivity contribution < 1.29 is 18.7 Å². The van der Waals surface area contributed by atoms with Crippen LogP contribution in [0, 0.1) is 5.82 Å². The van der Waals surface area contributed by atoms with E-state index in [1.165, 1.54) is 31.4 Å². The molecule has 1 aromatic heterocycles. The van der Waals surface area contributed by atoms with Gasteiger partial charge in [-0.15, -0.1) is 5.10 Å². The van der Waals surface area contributed by atoms with Crippen LogP contribution in [0.2, 0.25) is 5.02 Å². The van der Waals surface area contributed by atoms with E-state index in [0.717, 1.165) is 4.68 Å². The zero-order chi connectivity index (χ0) is 24.1. The van der Waals surface area contributed by atoms with Crippen molar-refractivity contribution in [3.05, 3.63) is 111 Å². The number of nitrogens with one attached hydrogen (secondary N) is 1. The van der Waals surface area contributed by atoms with Crippen molar-refractivity contribution >= 4 is 23.2 Å². The molecule has 34 heavy (non-hydrogen) atoms. The van der Waals surface area contributed by atoms with Crippen LogP contribution >= 0.6 is 11.6 Å². The van der Waals surface area contributed by atoms with Crippen LogP contribution in [0.25, 0.3) is 5.69 Å². The van der Waals surface area contributed by atoms with Gasteiger partial charge in [0.25, 0.3) is 11.5 Å². The molecule has 0 spiro atoms. The molecule has 1 N–H and O–H groups in total. The van der Waals surface area contributed by atoms with Crippen molar-refractivity contribution in [2.45, 2.75) is 6.61 Å². The number of hydrogen-bond donors (Lipinski definition) is 1. The summed E-state index contributed by atoms with van der Waals surface area (Å²) in [6.45, 7) is 0.0947. The SMILES string of the molecule is COc1ccc(NC(=O)c2ccc(-n3nc(OCc4cccc(F)c4)ccc3=O)cc2)cc1Cl. The molecule has 0 aliphatic carbocycles. The molecule has 0 unspecified atom stereocenters. The van der Waals surface area contributed by atoms with E-state index in [4.69, 9.17) is 21.1 Å². The minimum absolute atomic E-state index is 0.0947. The van der Waals surface area contributed by atoms with E-state index in [2.05, 4.69) is 10.4 Å². The fourth-order valence-electron chi connectivity index (χ4n) is 3.14. The van der Waals surface area contributed by atoms with Gasteiger partial charge in [0.15, 0.2) is 0 Å². The van der Waals surface area contributed by atoms with Gasteiger partial charge >= 0.3 is 0 Å². The van der Waals surface area contributed by atoms with Crippen LogP contribution in [0.3, 0.4) is 0 Å². The number of anilines is 1. The highest BCUT2D eigenvalue weighted by molar-refractivity contribution is 6.32. The van der Waals surface area contributed by atoms with Gasteiger partial charge < -0.3 is 14.8 Å². The van der Waals surface area contributed by atoms with E-state index < -0.39 is 0 Å². The molecule has 9 heteroatoms. The number of ether oxygens (including phenoxy) is 2. The van der Waals surface area contributed by atoms with Gasteiger partial charge in [-0.1, -0.05) is 23.7 Å². The Balaban J connectivity index is 1.47. The highest BCUT2D eigenvalue weighted by Gasteiger charge is 2.10. The lowest BCUT2D eigenvalue weighted by atomic mass is 10.2. The molecule has 7 nitrogen and oxygen atoms in total. The second kappa shape index (κ2) is 10.2. The number of nitrogens with zero attached hydrogens (tertiary/aromatic N) is 2. The van der Waals surface area contributed by atoms with Crippen molar-refractivity contribution in [3.8, 4) is 17.3 Å². The molecule has 0 aliphatic rings. The summed E-state index contributed by atoms with van der Waals surface area (Å²) >= 11 is 6.10. The molecular weight excluding hydrogens is 461 g/mol. The second-order valence-electron chi connectivity index (χ2n) is 7.19. The number of rotatable bonds is 7. The van der Waals surface area contributed by atoms with Gasteiger partial charge in [-0.25, -0.2) is 4.39 Å². The quantitative estimate of drug-likeness (QED) is 0.409. The standard InChI is InChI=1S/C25H19ClFN3O4/c1-33-22-10-7-19(14-21(22)26)28-25(32)17-5-8-20(9-6-17)30-24(31)12-11-23(29-30)34-15-16-3-2-4-18(27)13-16/h2-14H,15H2,1H3,(H,28,32). The highest BCUT2D eigenvalue weighted by Crippen LogP contribution is 2.27. The summed E-state index contributed by atoms with van der Waals surface area (Å²) in [6, 6.07) is 20.0. The fourth-order valence-corrected chi connectivity index (χ4v) is 3.40. The molecule has 3 aromatic carbocycles. The Kier molecular flexibility index (Phi) is 6.89. The molecule has 4 aromatic rings. The van der Waals surface area contributed by atoms with Gasteiger partial charge in [-0.3, -0.25) is 9.59 Å². The number of methoxy groups -OCH3 is 1. The van der Waals surface area contributed by atoms with Crippen LogP contribution in [-0.2, 0) is 6.61 Å². The summed E-state index contributed by atoms with van der Waals surface area (Å²) in [5.74, 6) is -0.00956. The predicted octanol–water partition coefficient (Wildman–Crippen LogP) is 4.86. The number of aromatic nitrogens is 2. The summed E-state index contributed by atoms with van der Waals surface area (Å²) in [7, 11) is 1.51. The molecule has 0 saturated carbocycles. The molecule has 0 bridgehead atoms. The average Bonchev–Trinajstić information content (AvgIpc) is 2.84. The number of carbonyl (C=O) groups is 1. The number of amides is 1. The fraction of sp³-hybridized carbons (Fsp3) is 0.0800. The van der Waals surface area contributed by atoms with E-state index in [-0.39, 0.29) is 29.8 Å². The minimum atomic E-state index is -0.372. The maximum absolute atomic E-state index is 13.3. The zero-order valence-corrected chi connectivity index (χ0v) is 18.8. The summed E-state index contributed by atoms with van der Waals surface area (Å²) < 4.78 is 25.2. The third-order valence-corrected chi connectivity index (χ3v) is 5.13. The van der Waals surface area contributed by atoms with Gasteiger partial charge in [0.05, 0.1) is 17.8 Å². The molecule has 172 valence electrons. The first-order chi connectivity index (χ1) is 16.4. The smallest absolute Gasteiger partial charge is 0.271 e. The Hall–Kier alpha value is -4.17. The van der Waals surface area contributed by atoms with Crippen LogP contribution in [0.1, 0.15) is 15.9 Å². The summed E-state index contributed by atoms with van der Waals surface area (Å²) in [5, 5.41) is 7.34. The Bertz CT molecular complexity index is 1390. The lowest BCUT2D eigenvalue weighted by Crippen LogP contribution is -2.20. The monoisotopic (exact) mass is 479 g/mol. The van der Waals surface area contributed by atoms with Crippen molar-refractivity contribution in [2.24, 2.45) is 0 Å².